The predicted molar refractivity (Wildman–Crippen MR) is 78.5 cm³/mol. The number of imidazole rings is 1. The van der Waals surface area contributed by atoms with Crippen LogP contribution in [-0.2, 0) is 19.6 Å². The Kier molecular flexibility index (Phi) is 4.58. The van der Waals surface area contributed by atoms with E-state index < -0.39 is 0 Å². The molecule has 2 aromatic rings. The highest BCUT2D eigenvalue weighted by Gasteiger charge is 2.06. The fraction of sp³-hybridized carbons (Fsp3) is 0.400. The SMILES string of the molecule is CCCn1ccnc1CN(C)Cc1ccc(N)cc1. The number of rotatable bonds is 6. The van der Waals surface area contributed by atoms with Crippen molar-refractivity contribution in [3.63, 3.8) is 0 Å². The van der Waals surface area contributed by atoms with Gasteiger partial charge in [0, 0.05) is 31.2 Å². The maximum atomic E-state index is 5.69. The van der Waals surface area contributed by atoms with Crippen molar-refractivity contribution in [2.24, 2.45) is 0 Å². The van der Waals surface area contributed by atoms with Gasteiger partial charge in [0.2, 0.25) is 0 Å². The molecule has 0 saturated heterocycles. The fourth-order valence-electron chi connectivity index (χ4n) is 2.17. The molecule has 0 bridgehead atoms. The zero-order chi connectivity index (χ0) is 13.7. The molecule has 0 aliphatic heterocycles. The van der Waals surface area contributed by atoms with Crippen molar-refractivity contribution in [1.82, 2.24) is 14.5 Å². The number of hydrogen-bond acceptors (Lipinski definition) is 3. The minimum atomic E-state index is 0.810. The lowest BCUT2D eigenvalue weighted by Gasteiger charge is -2.17. The van der Waals surface area contributed by atoms with Crippen molar-refractivity contribution in [1.29, 1.82) is 0 Å². The van der Waals surface area contributed by atoms with Crippen LogP contribution >= 0.6 is 0 Å². The number of aromatic nitrogens is 2. The normalized spacial score (nSPS) is 11.1. The number of hydrogen-bond donors (Lipinski definition) is 1. The second-order valence-electron chi connectivity index (χ2n) is 4.95. The molecule has 0 spiro atoms. The van der Waals surface area contributed by atoms with Gasteiger partial charge < -0.3 is 10.3 Å². The van der Waals surface area contributed by atoms with Crippen LogP contribution < -0.4 is 5.73 Å². The van der Waals surface area contributed by atoms with Crippen LogP contribution in [-0.4, -0.2) is 21.5 Å². The van der Waals surface area contributed by atoms with Crippen LogP contribution in [0.3, 0.4) is 0 Å². The first-order valence-electron chi connectivity index (χ1n) is 6.72. The smallest absolute Gasteiger partial charge is 0.122 e. The molecule has 2 rings (SSSR count). The monoisotopic (exact) mass is 258 g/mol. The molecule has 0 aliphatic carbocycles. The summed E-state index contributed by atoms with van der Waals surface area (Å²) >= 11 is 0. The van der Waals surface area contributed by atoms with Crippen LogP contribution in [0, 0.1) is 0 Å². The standard InChI is InChI=1S/C15H22N4/c1-3-9-19-10-8-17-15(19)12-18(2)11-13-4-6-14(16)7-5-13/h4-8,10H,3,9,11-12,16H2,1-2H3. The van der Waals surface area contributed by atoms with E-state index in [9.17, 15) is 0 Å². The summed E-state index contributed by atoms with van der Waals surface area (Å²) in [4.78, 5) is 6.70. The molecular formula is C15H22N4. The van der Waals surface area contributed by atoms with E-state index in [-0.39, 0.29) is 0 Å². The summed E-state index contributed by atoms with van der Waals surface area (Å²) < 4.78 is 2.22. The Labute approximate surface area is 114 Å². The first-order valence-corrected chi connectivity index (χ1v) is 6.72. The number of anilines is 1. The van der Waals surface area contributed by atoms with Crippen molar-refractivity contribution in [3.8, 4) is 0 Å². The second kappa shape index (κ2) is 6.38. The van der Waals surface area contributed by atoms with Crippen LogP contribution in [0.1, 0.15) is 24.7 Å². The van der Waals surface area contributed by atoms with E-state index in [0.29, 0.717) is 0 Å². The van der Waals surface area contributed by atoms with E-state index in [4.69, 9.17) is 5.73 Å². The third kappa shape index (κ3) is 3.83. The van der Waals surface area contributed by atoms with Gasteiger partial charge in [-0.3, -0.25) is 4.90 Å². The summed E-state index contributed by atoms with van der Waals surface area (Å²) in [5.74, 6) is 1.12. The van der Waals surface area contributed by atoms with Crippen LogP contribution in [0.5, 0.6) is 0 Å². The lowest BCUT2D eigenvalue weighted by Crippen LogP contribution is -2.20. The van der Waals surface area contributed by atoms with Gasteiger partial charge in [-0.05, 0) is 31.2 Å². The molecule has 1 aromatic carbocycles. The average molecular weight is 258 g/mol. The summed E-state index contributed by atoms with van der Waals surface area (Å²) in [6.45, 7) is 4.98. The predicted octanol–water partition coefficient (Wildman–Crippen LogP) is 2.51. The Morgan fingerprint density at radius 1 is 1.21 bits per heavy atom. The summed E-state index contributed by atoms with van der Waals surface area (Å²) in [5, 5.41) is 0. The van der Waals surface area contributed by atoms with Gasteiger partial charge in [0.25, 0.3) is 0 Å². The van der Waals surface area contributed by atoms with Crippen molar-refractivity contribution in [2.45, 2.75) is 33.0 Å². The molecule has 0 saturated carbocycles. The highest BCUT2D eigenvalue weighted by Crippen LogP contribution is 2.10. The molecule has 1 heterocycles. The molecule has 0 radical (unpaired) electrons. The molecule has 4 nitrogen and oxygen atoms in total. The molecule has 2 N–H and O–H groups in total. The maximum Gasteiger partial charge on any atom is 0.122 e. The largest absolute Gasteiger partial charge is 0.399 e. The van der Waals surface area contributed by atoms with Gasteiger partial charge >= 0.3 is 0 Å². The lowest BCUT2D eigenvalue weighted by atomic mass is 10.2. The molecular weight excluding hydrogens is 236 g/mol. The van der Waals surface area contributed by atoms with Crippen molar-refractivity contribution < 1.29 is 0 Å². The van der Waals surface area contributed by atoms with E-state index in [1.807, 2.05) is 18.3 Å². The molecule has 1 aromatic heterocycles. The highest BCUT2D eigenvalue weighted by molar-refractivity contribution is 5.39. The van der Waals surface area contributed by atoms with Crippen LogP contribution in [0.15, 0.2) is 36.7 Å². The van der Waals surface area contributed by atoms with Crippen molar-refractivity contribution in [2.75, 3.05) is 12.8 Å². The average Bonchev–Trinajstić information content (AvgIpc) is 2.80. The molecule has 0 unspecified atom stereocenters. The fourth-order valence-corrected chi connectivity index (χ4v) is 2.17. The van der Waals surface area contributed by atoms with Crippen molar-refractivity contribution in [3.05, 3.63) is 48.0 Å². The Morgan fingerprint density at radius 3 is 2.63 bits per heavy atom. The van der Waals surface area contributed by atoms with Crippen LogP contribution in [0.25, 0.3) is 0 Å². The Hall–Kier alpha value is -1.81. The molecule has 0 aliphatic rings. The zero-order valence-electron chi connectivity index (χ0n) is 11.7. The summed E-state index contributed by atoms with van der Waals surface area (Å²) in [6.07, 6.45) is 5.06. The molecule has 0 fully saturated rings. The minimum Gasteiger partial charge on any atom is -0.399 e. The van der Waals surface area contributed by atoms with Gasteiger partial charge in [-0.2, -0.15) is 0 Å². The van der Waals surface area contributed by atoms with E-state index in [1.165, 1.54) is 5.56 Å². The van der Waals surface area contributed by atoms with Gasteiger partial charge in [-0.1, -0.05) is 19.1 Å². The van der Waals surface area contributed by atoms with E-state index in [1.54, 1.807) is 0 Å². The van der Waals surface area contributed by atoms with Gasteiger partial charge in [0.05, 0.1) is 6.54 Å². The highest BCUT2D eigenvalue weighted by atomic mass is 15.2. The van der Waals surface area contributed by atoms with E-state index in [2.05, 4.69) is 46.8 Å². The molecule has 102 valence electrons. The van der Waals surface area contributed by atoms with Crippen molar-refractivity contribution >= 4 is 5.69 Å². The van der Waals surface area contributed by atoms with E-state index in [0.717, 1.165) is 37.6 Å². The molecule has 0 atom stereocenters. The Balaban J connectivity index is 1.95. The number of nitrogen functional groups attached to an aromatic ring is 1. The van der Waals surface area contributed by atoms with Gasteiger partial charge in [-0.25, -0.2) is 4.98 Å². The molecule has 0 amide bonds. The lowest BCUT2D eigenvalue weighted by molar-refractivity contribution is 0.304. The Morgan fingerprint density at radius 2 is 1.95 bits per heavy atom. The second-order valence-corrected chi connectivity index (χ2v) is 4.95. The van der Waals surface area contributed by atoms with E-state index >= 15 is 0 Å². The third-order valence-corrected chi connectivity index (χ3v) is 3.11. The summed E-state index contributed by atoms with van der Waals surface area (Å²) in [7, 11) is 2.11. The third-order valence-electron chi connectivity index (χ3n) is 3.11. The van der Waals surface area contributed by atoms with Crippen LogP contribution in [0.4, 0.5) is 5.69 Å². The summed E-state index contributed by atoms with van der Waals surface area (Å²) in [5.41, 5.74) is 7.77. The van der Waals surface area contributed by atoms with Crippen LogP contribution in [0.2, 0.25) is 0 Å². The number of aryl methyl sites for hydroxylation is 1. The Bertz CT molecular complexity index is 501. The van der Waals surface area contributed by atoms with Gasteiger partial charge in [0.15, 0.2) is 0 Å². The zero-order valence-corrected chi connectivity index (χ0v) is 11.7. The topological polar surface area (TPSA) is 47.1 Å². The first-order chi connectivity index (χ1) is 9.19. The number of nitrogens with two attached hydrogens (primary N) is 1. The van der Waals surface area contributed by atoms with Gasteiger partial charge in [-0.15, -0.1) is 0 Å². The molecule has 4 heteroatoms. The maximum absolute atomic E-state index is 5.69. The first kappa shape index (κ1) is 13.6. The summed E-state index contributed by atoms with van der Waals surface area (Å²) in [6, 6.07) is 8.04. The number of nitrogens with zero attached hydrogens (tertiary/aromatic N) is 3. The molecule has 19 heavy (non-hydrogen) atoms. The number of benzene rings is 1. The van der Waals surface area contributed by atoms with Gasteiger partial charge in [0.1, 0.15) is 5.82 Å². The quantitative estimate of drug-likeness (QED) is 0.810. The minimum absolute atomic E-state index is 0.810.